The van der Waals surface area contributed by atoms with Gasteiger partial charge in [0.05, 0.1) is 4.92 Å². The largest absolute Gasteiger partial charge is 0.269 e. The monoisotopic (exact) mass is 275 g/mol. The van der Waals surface area contributed by atoms with Crippen LogP contribution in [0.2, 0.25) is 0 Å². The van der Waals surface area contributed by atoms with Gasteiger partial charge in [0, 0.05) is 28.4 Å². The van der Waals surface area contributed by atoms with Crippen LogP contribution < -0.4 is 0 Å². The highest BCUT2D eigenvalue weighted by Gasteiger charge is 2.08. The zero-order valence-corrected chi connectivity index (χ0v) is 11.7. The van der Waals surface area contributed by atoms with Crippen LogP contribution in [0.4, 0.5) is 5.69 Å². The van der Waals surface area contributed by atoms with Gasteiger partial charge in [-0.2, -0.15) is 0 Å². The molecule has 19 heavy (non-hydrogen) atoms. The molecule has 1 aromatic carbocycles. The van der Waals surface area contributed by atoms with Crippen molar-refractivity contribution in [3.8, 4) is 0 Å². The molecule has 0 aliphatic rings. The van der Waals surface area contributed by atoms with Crippen molar-refractivity contribution >= 4 is 17.4 Å². The highest BCUT2D eigenvalue weighted by molar-refractivity contribution is 7.99. The van der Waals surface area contributed by atoms with Crippen LogP contribution in [0.3, 0.4) is 0 Å². The molecule has 0 unspecified atom stereocenters. The normalized spacial score (nSPS) is 10.5. The zero-order chi connectivity index (χ0) is 14.0. The molecule has 0 radical (unpaired) electrons. The van der Waals surface area contributed by atoms with Crippen molar-refractivity contribution in [2.45, 2.75) is 30.8 Å². The zero-order valence-electron chi connectivity index (χ0n) is 10.9. The van der Waals surface area contributed by atoms with Gasteiger partial charge in [-0.25, -0.2) is 9.97 Å². The molecule has 0 spiro atoms. The van der Waals surface area contributed by atoms with Gasteiger partial charge in [-0.3, -0.25) is 10.1 Å². The summed E-state index contributed by atoms with van der Waals surface area (Å²) in [6, 6.07) is 6.37. The Labute approximate surface area is 115 Å². The summed E-state index contributed by atoms with van der Waals surface area (Å²) in [6.07, 6.45) is 0. The van der Waals surface area contributed by atoms with Crippen LogP contribution in [0.15, 0.2) is 34.3 Å². The van der Waals surface area contributed by atoms with E-state index < -0.39 is 4.92 Å². The van der Waals surface area contributed by atoms with E-state index in [-0.39, 0.29) is 5.69 Å². The van der Waals surface area contributed by atoms with Crippen molar-refractivity contribution in [1.82, 2.24) is 9.97 Å². The molecule has 1 aromatic heterocycles. The van der Waals surface area contributed by atoms with Gasteiger partial charge >= 0.3 is 0 Å². The summed E-state index contributed by atoms with van der Waals surface area (Å²) in [4.78, 5) is 19.9. The lowest BCUT2D eigenvalue weighted by Gasteiger charge is -2.06. The smallest absolute Gasteiger partial charge is 0.258 e. The molecule has 0 fully saturated rings. The molecule has 6 heteroatoms. The van der Waals surface area contributed by atoms with Crippen LogP contribution >= 0.6 is 11.8 Å². The maximum absolute atomic E-state index is 10.6. The lowest BCUT2D eigenvalue weighted by molar-refractivity contribution is -0.384. The molecule has 0 saturated carbocycles. The van der Waals surface area contributed by atoms with Crippen molar-refractivity contribution in [1.29, 1.82) is 0 Å². The van der Waals surface area contributed by atoms with Gasteiger partial charge in [0.25, 0.3) is 5.69 Å². The summed E-state index contributed by atoms with van der Waals surface area (Å²) in [5.41, 5.74) is 3.09. The standard InChI is InChI=1S/C13H13N3O2S/c1-8-9(2)14-13(15-10(8)3)19-12-6-4-11(5-7-12)16(17)18/h4-7H,1-3H3. The predicted octanol–water partition coefficient (Wildman–Crippen LogP) is 3.46. The average molecular weight is 275 g/mol. The first-order valence-corrected chi connectivity index (χ1v) is 6.53. The van der Waals surface area contributed by atoms with Gasteiger partial charge < -0.3 is 0 Å². The third-order valence-electron chi connectivity index (χ3n) is 2.87. The second kappa shape index (κ2) is 5.36. The van der Waals surface area contributed by atoms with Crippen molar-refractivity contribution in [3.63, 3.8) is 0 Å². The minimum atomic E-state index is -0.412. The molecule has 0 aliphatic heterocycles. The Bertz CT molecular complexity index is 603. The molecular weight excluding hydrogens is 262 g/mol. The summed E-state index contributed by atoms with van der Waals surface area (Å²) < 4.78 is 0. The van der Waals surface area contributed by atoms with Crippen molar-refractivity contribution in [3.05, 3.63) is 51.3 Å². The van der Waals surface area contributed by atoms with Crippen LogP contribution in [-0.2, 0) is 0 Å². The van der Waals surface area contributed by atoms with E-state index in [0.29, 0.717) is 5.16 Å². The molecule has 2 rings (SSSR count). The summed E-state index contributed by atoms with van der Waals surface area (Å²) in [5, 5.41) is 11.2. The maximum Gasteiger partial charge on any atom is 0.269 e. The number of nitrogens with zero attached hydrogens (tertiary/aromatic N) is 3. The molecule has 0 amide bonds. The summed E-state index contributed by atoms with van der Waals surface area (Å²) in [6.45, 7) is 5.89. The van der Waals surface area contributed by atoms with Crippen molar-refractivity contribution in [2.24, 2.45) is 0 Å². The Morgan fingerprint density at radius 3 is 2.05 bits per heavy atom. The van der Waals surface area contributed by atoms with E-state index in [1.54, 1.807) is 12.1 Å². The van der Waals surface area contributed by atoms with Gasteiger partial charge in [0.1, 0.15) is 0 Å². The van der Waals surface area contributed by atoms with E-state index in [9.17, 15) is 10.1 Å². The molecule has 0 N–H and O–H groups in total. The Morgan fingerprint density at radius 1 is 1.05 bits per heavy atom. The highest BCUT2D eigenvalue weighted by atomic mass is 32.2. The van der Waals surface area contributed by atoms with Crippen molar-refractivity contribution < 1.29 is 4.92 Å². The number of aromatic nitrogens is 2. The highest BCUT2D eigenvalue weighted by Crippen LogP contribution is 2.27. The number of hydrogen-bond acceptors (Lipinski definition) is 5. The number of benzene rings is 1. The van der Waals surface area contributed by atoms with Crippen LogP contribution in [-0.4, -0.2) is 14.9 Å². The van der Waals surface area contributed by atoms with Crippen LogP contribution in [0.1, 0.15) is 17.0 Å². The fourth-order valence-electron chi connectivity index (χ4n) is 1.53. The fraction of sp³-hybridized carbons (Fsp3) is 0.231. The van der Waals surface area contributed by atoms with Gasteiger partial charge in [0.2, 0.25) is 0 Å². The summed E-state index contributed by atoms with van der Waals surface area (Å²) in [5.74, 6) is 0. The molecule has 0 bridgehead atoms. The molecule has 98 valence electrons. The van der Waals surface area contributed by atoms with E-state index in [0.717, 1.165) is 21.8 Å². The maximum atomic E-state index is 10.6. The van der Waals surface area contributed by atoms with Crippen LogP contribution in [0, 0.1) is 30.9 Å². The molecule has 0 saturated heterocycles. The molecule has 0 atom stereocenters. The Kier molecular flexibility index (Phi) is 3.80. The Balaban J connectivity index is 2.24. The lowest BCUT2D eigenvalue weighted by Crippen LogP contribution is -1.97. The van der Waals surface area contributed by atoms with Gasteiger partial charge in [0.15, 0.2) is 5.16 Å². The third-order valence-corrected chi connectivity index (χ3v) is 3.74. The number of aryl methyl sites for hydroxylation is 2. The second-order valence-electron chi connectivity index (χ2n) is 4.16. The van der Waals surface area contributed by atoms with Gasteiger partial charge in [-0.1, -0.05) is 0 Å². The SMILES string of the molecule is Cc1nc(Sc2ccc([N+](=O)[O-])cc2)nc(C)c1C. The summed E-state index contributed by atoms with van der Waals surface area (Å²) >= 11 is 1.40. The van der Waals surface area contributed by atoms with E-state index in [1.165, 1.54) is 23.9 Å². The van der Waals surface area contributed by atoms with E-state index in [1.807, 2.05) is 20.8 Å². The first-order chi connectivity index (χ1) is 8.97. The molecule has 0 aliphatic carbocycles. The van der Waals surface area contributed by atoms with Gasteiger partial charge in [-0.05, 0) is 50.2 Å². The quantitative estimate of drug-likeness (QED) is 0.487. The number of rotatable bonds is 3. The van der Waals surface area contributed by atoms with Crippen LogP contribution in [0.5, 0.6) is 0 Å². The van der Waals surface area contributed by atoms with Gasteiger partial charge in [-0.15, -0.1) is 0 Å². The number of nitro groups is 1. The molecule has 2 aromatic rings. The van der Waals surface area contributed by atoms with E-state index in [2.05, 4.69) is 9.97 Å². The minimum Gasteiger partial charge on any atom is -0.258 e. The average Bonchev–Trinajstić information content (AvgIpc) is 2.36. The first-order valence-electron chi connectivity index (χ1n) is 5.71. The van der Waals surface area contributed by atoms with Crippen LogP contribution in [0.25, 0.3) is 0 Å². The van der Waals surface area contributed by atoms with E-state index in [4.69, 9.17) is 0 Å². The third kappa shape index (κ3) is 3.08. The molecular formula is C13H13N3O2S. The Morgan fingerprint density at radius 2 is 1.58 bits per heavy atom. The first kappa shape index (κ1) is 13.5. The molecule has 1 heterocycles. The second-order valence-corrected chi connectivity index (χ2v) is 5.20. The fourth-order valence-corrected chi connectivity index (χ4v) is 2.38. The summed E-state index contributed by atoms with van der Waals surface area (Å²) in [7, 11) is 0. The van der Waals surface area contributed by atoms with Crippen molar-refractivity contribution in [2.75, 3.05) is 0 Å². The lowest BCUT2D eigenvalue weighted by atomic mass is 10.2. The molecule has 5 nitrogen and oxygen atoms in total. The topological polar surface area (TPSA) is 68.9 Å². The number of non-ortho nitro benzene ring substituents is 1. The Hall–Kier alpha value is -1.95. The number of nitro benzene ring substituents is 1. The number of hydrogen-bond donors (Lipinski definition) is 0. The van der Waals surface area contributed by atoms with E-state index >= 15 is 0 Å². The minimum absolute atomic E-state index is 0.0848. The predicted molar refractivity (Wildman–Crippen MR) is 73.5 cm³/mol.